The Morgan fingerprint density at radius 1 is 1.04 bits per heavy atom. The fourth-order valence-corrected chi connectivity index (χ4v) is 7.22. The molecule has 4 heteroatoms. The normalized spacial score (nSPS) is 47.7. The molecular formula is C19H20N2O2. The molecular weight excluding hydrogens is 288 g/mol. The van der Waals surface area contributed by atoms with Gasteiger partial charge in [0.2, 0.25) is 11.8 Å². The van der Waals surface area contributed by atoms with Crippen LogP contribution < -0.4 is 5.43 Å². The molecule has 1 aliphatic heterocycles. The number of amides is 1. The van der Waals surface area contributed by atoms with Crippen molar-refractivity contribution in [3.8, 4) is 0 Å². The number of fused-ring (bicyclic) bond motifs is 15. The summed E-state index contributed by atoms with van der Waals surface area (Å²) in [5, 5.41) is 4.21. The summed E-state index contributed by atoms with van der Waals surface area (Å²) >= 11 is 0. The molecule has 23 heavy (non-hydrogen) atoms. The molecule has 6 rings (SSSR count). The molecule has 4 aliphatic carbocycles. The molecule has 1 aromatic rings. The minimum Gasteiger partial charge on any atom is -0.483 e. The fraction of sp³-hybridized carbons (Fsp3) is 0.579. The fourth-order valence-electron chi connectivity index (χ4n) is 7.22. The first-order valence-electron chi connectivity index (χ1n) is 8.80. The molecule has 0 radical (unpaired) electrons. The second-order valence-corrected chi connectivity index (χ2v) is 7.98. The Kier molecular flexibility index (Phi) is 2.17. The van der Waals surface area contributed by atoms with Gasteiger partial charge >= 0.3 is 0 Å². The quantitative estimate of drug-likeness (QED) is 0.749. The van der Waals surface area contributed by atoms with E-state index in [4.69, 9.17) is 4.74 Å². The predicted octanol–water partition coefficient (Wildman–Crippen LogP) is 2.48. The number of hydrazone groups is 1. The third-order valence-corrected chi connectivity index (χ3v) is 7.59. The van der Waals surface area contributed by atoms with Gasteiger partial charge in [-0.25, -0.2) is 5.43 Å². The number of hydrogen-bond acceptors (Lipinski definition) is 3. The number of methoxy groups -OCH3 is 1. The van der Waals surface area contributed by atoms with Crippen molar-refractivity contribution >= 4 is 11.8 Å². The summed E-state index contributed by atoms with van der Waals surface area (Å²) in [5.74, 6) is 5.06. The molecule has 1 N–H and O–H groups in total. The molecule has 0 aromatic heterocycles. The van der Waals surface area contributed by atoms with Gasteiger partial charge in [-0.2, -0.15) is 0 Å². The predicted molar refractivity (Wildman–Crippen MR) is 84.7 cm³/mol. The first-order valence-corrected chi connectivity index (χ1v) is 8.80. The molecule has 0 saturated heterocycles. The topological polar surface area (TPSA) is 50.7 Å². The SMILES string of the molecule is COC1=NNC(=O)[C@H]2[C@H]3C[C@@H]([C@@H]12)[C@@H]1[C@H]3[C@H]2C[C@@H]1c1ccccc12. The third kappa shape index (κ3) is 1.28. The first kappa shape index (κ1) is 12.6. The van der Waals surface area contributed by atoms with Crippen molar-refractivity contribution in [3.63, 3.8) is 0 Å². The van der Waals surface area contributed by atoms with E-state index in [1.165, 1.54) is 12.8 Å². The van der Waals surface area contributed by atoms with E-state index in [-0.39, 0.29) is 17.7 Å². The molecule has 5 aliphatic rings. The Morgan fingerprint density at radius 3 is 2.35 bits per heavy atom. The summed E-state index contributed by atoms with van der Waals surface area (Å²) < 4.78 is 5.54. The minimum atomic E-state index is 0.0835. The lowest BCUT2D eigenvalue weighted by molar-refractivity contribution is -0.130. The average Bonchev–Trinajstić information content (AvgIpc) is 3.32. The van der Waals surface area contributed by atoms with E-state index in [1.807, 2.05) is 0 Å². The molecule has 118 valence electrons. The van der Waals surface area contributed by atoms with Crippen LogP contribution in [0.5, 0.6) is 0 Å². The van der Waals surface area contributed by atoms with Crippen molar-refractivity contribution in [2.45, 2.75) is 24.7 Å². The van der Waals surface area contributed by atoms with E-state index in [1.54, 1.807) is 18.2 Å². The molecule has 4 bridgehead atoms. The van der Waals surface area contributed by atoms with Gasteiger partial charge in [0.25, 0.3) is 0 Å². The summed E-state index contributed by atoms with van der Waals surface area (Å²) in [6.45, 7) is 0. The van der Waals surface area contributed by atoms with Crippen LogP contribution in [-0.4, -0.2) is 18.9 Å². The van der Waals surface area contributed by atoms with Gasteiger partial charge in [0.1, 0.15) is 0 Å². The molecule has 1 amide bonds. The number of nitrogens with zero attached hydrogens (tertiary/aromatic N) is 1. The summed E-state index contributed by atoms with van der Waals surface area (Å²) in [4.78, 5) is 12.5. The van der Waals surface area contributed by atoms with Crippen LogP contribution >= 0.6 is 0 Å². The van der Waals surface area contributed by atoms with Crippen LogP contribution in [0.15, 0.2) is 29.4 Å². The number of ether oxygens (including phenoxy) is 1. The van der Waals surface area contributed by atoms with Gasteiger partial charge in [-0.1, -0.05) is 24.3 Å². The van der Waals surface area contributed by atoms with Gasteiger partial charge in [0, 0.05) is 0 Å². The van der Waals surface area contributed by atoms with Gasteiger partial charge in [0.05, 0.1) is 18.9 Å². The van der Waals surface area contributed by atoms with Crippen LogP contribution in [0.2, 0.25) is 0 Å². The van der Waals surface area contributed by atoms with Crippen LogP contribution in [0.25, 0.3) is 0 Å². The summed E-state index contributed by atoms with van der Waals surface area (Å²) in [6, 6.07) is 9.01. The number of carbonyl (C=O) groups excluding carboxylic acids is 1. The van der Waals surface area contributed by atoms with Crippen molar-refractivity contribution in [2.75, 3.05) is 7.11 Å². The maximum Gasteiger partial charge on any atom is 0.244 e. The monoisotopic (exact) mass is 308 g/mol. The molecule has 1 heterocycles. The maximum absolute atomic E-state index is 12.5. The van der Waals surface area contributed by atoms with E-state index in [9.17, 15) is 4.79 Å². The maximum atomic E-state index is 12.5. The highest BCUT2D eigenvalue weighted by atomic mass is 16.5. The zero-order valence-corrected chi connectivity index (χ0v) is 13.1. The molecule has 8 atom stereocenters. The number of rotatable bonds is 0. The van der Waals surface area contributed by atoms with Crippen LogP contribution in [0.3, 0.4) is 0 Å². The highest BCUT2D eigenvalue weighted by Crippen LogP contribution is 2.73. The largest absolute Gasteiger partial charge is 0.483 e. The molecule has 1 aromatic carbocycles. The molecule has 3 saturated carbocycles. The van der Waals surface area contributed by atoms with Crippen LogP contribution in [0, 0.1) is 35.5 Å². The first-order chi connectivity index (χ1) is 11.3. The van der Waals surface area contributed by atoms with Crippen molar-refractivity contribution < 1.29 is 9.53 Å². The second-order valence-electron chi connectivity index (χ2n) is 7.98. The zero-order chi connectivity index (χ0) is 15.3. The van der Waals surface area contributed by atoms with E-state index in [0.29, 0.717) is 29.6 Å². The Hall–Kier alpha value is -1.84. The Morgan fingerprint density at radius 2 is 1.70 bits per heavy atom. The average molecular weight is 308 g/mol. The molecule has 0 unspecified atom stereocenters. The van der Waals surface area contributed by atoms with Gasteiger partial charge in [0.15, 0.2) is 0 Å². The van der Waals surface area contributed by atoms with Crippen molar-refractivity contribution in [1.82, 2.24) is 5.43 Å². The number of benzene rings is 1. The Balaban J connectivity index is 1.48. The standard InChI is InChI=1S/C19H20N2O2/c1-23-19-17-13-7-12(16(17)18(22)20-21-19)14-10-6-11(15(13)14)9-5-3-2-4-8(9)10/h2-5,10-17H,6-7H2,1H3,(H,20,22)/t10-,11+,12-,13+,14-,15+,16-,17+/m0/s1. The number of hydrogen-bond donors (Lipinski definition) is 1. The van der Waals surface area contributed by atoms with Crippen LogP contribution in [-0.2, 0) is 9.53 Å². The smallest absolute Gasteiger partial charge is 0.244 e. The minimum absolute atomic E-state index is 0.0835. The van der Waals surface area contributed by atoms with Crippen molar-refractivity contribution in [3.05, 3.63) is 35.4 Å². The van der Waals surface area contributed by atoms with Crippen LogP contribution in [0.1, 0.15) is 35.8 Å². The Labute approximate surface area is 135 Å². The lowest BCUT2D eigenvalue weighted by atomic mass is 9.62. The summed E-state index contributed by atoms with van der Waals surface area (Å²) in [6.07, 6.45) is 2.48. The molecule has 4 nitrogen and oxygen atoms in total. The summed E-state index contributed by atoms with van der Waals surface area (Å²) in [5.41, 5.74) is 5.86. The second kappa shape index (κ2) is 3.97. The molecule has 3 fully saturated rings. The van der Waals surface area contributed by atoms with Gasteiger partial charge in [-0.3, -0.25) is 4.79 Å². The van der Waals surface area contributed by atoms with Gasteiger partial charge < -0.3 is 4.74 Å². The van der Waals surface area contributed by atoms with E-state index in [2.05, 4.69) is 34.8 Å². The summed E-state index contributed by atoms with van der Waals surface area (Å²) in [7, 11) is 1.69. The van der Waals surface area contributed by atoms with Crippen molar-refractivity contribution in [1.29, 1.82) is 0 Å². The van der Waals surface area contributed by atoms with E-state index >= 15 is 0 Å². The third-order valence-electron chi connectivity index (χ3n) is 7.59. The molecule has 0 spiro atoms. The van der Waals surface area contributed by atoms with Gasteiger partial charge in [-0.15, -0.1) is 5.10 Å². The van der Waals surface area contributed by atoms with Crippen molar-refractivity contribution in [2.24, 2.45) is 40.6 Å². The Bertz CT molecular complexity index is 757. The zero-order valence-electron chi connectivity index (χ0n) is 13.1. The van der Waals surface area contributed by atoms with Gasteiger partial charge in [-0.05, 0) is 59.5 Å². The highest BCUT2D eigenvalue weighted by Gasteiger charge is 2.69. The van der Waals surface area contributed by atoms with E-state index < -0.39 is 0 Å². The lowest BCUT2D eigenvalue weighted by Gasteiger charge is -2.43. The number of nitrogens with one attached hydrogen (secondary N) is 1. The van der Waals surface area contributed by atoms with E-state index in [0.717, 1.165) is 11.8 Å². The number of carbonyl (C=O) groups is 1. The van der Waals surface area contributed by atoms with Crippen LogP contribution in [0.4, 0.5) is 0 Å². The lowest BCUT2D eigenvalue weighted by Crippen LogP contribution is -2.50. The highest BCUT2D eigenvalue weighted by molar-refractivity contribution is 5.93.